The molecule has 6 heteroatoms. The Hall–Kier alpha value is -2.66. The van der Waals surface area contributed by atoms with Crippen molar-refractivity contribution in [1.29, 1.82) is 0 Å². The summed E-state index contributed by atoms with van der Waals surface area (Å²) in [6, 6.07) is 15.7. The molecule has 1 aliphatic heterocycles. The Morgan fingerprint density at radius 1 is 1.00 bits per heavy atom. The van der Waals surface area contributed by atoms with Gasteiger partial charge in [0.25, 0.3) is 0 Å². The van der Waals surface area contributed by atoms with Crippen LogP contribution in [0.25, 0.3) is 22.3 Å². The molecule has 3 aromatic rings. The lowest BCUT2D eigenvalue weighted by Gasteiger charge is -2.36. The minimum atomic E-state index is 0.244. The van der Waals surface area contributed by atoms with Gasteiger partial charge in [-0.1, -0.05) is 37.6 Å². The van der Waals surface area contributed by atoms with E-state index in [1.165, 1.54) is 0 Å². The summed E-state index contributed by atoms with van der Waals surface area (Å²) < 4.78 is 0. The zero-order valence-corrected chi connectivity index (χ0v) is 17.6. The van der Waals surface area contributed by atoms with Crippen LogP contribution >= 0.6 is 11.6 Å². The summed E-state index contributed by atoms with van der Waals surface area (Å²) in [5.74, 6) is 2.24. The van der Waals surface area contributed by atoms with Crippen LogP contribution in [0.4, 0.5) is 5.82 Å². The van der Waals surface area contributed by atoms with Gasteiger partial charge in [-0.15, -0.1) is 0 Å². The fourth-order valence-corrected chi connectivity index (χ4v) is 3.80. The van der Waals surface area contributed by atoms with Crippen LogP contribution in [0.5, 0.6) is 0 Å². The standard InChI is InChI=1S/C23H25ClN4O/c1-16(2)15-21(29)27-11-13-28(14-12-27)23-19-5-3-4-6-20(19)25-22(26-23)17-7-9-18(24)10-8-17/h3-10,16H,11-15H2,1-2H3. The number of carbonyl (C=O) groups excluding carboxylic acids is 1. The van der Waals surface area contributed by atoms with E-state index in [0.29, 0.717) is 23.2 Å². The molecule has 1 amide bonds. The summed E-state index contributed by atoms with van der Waals surface area (Å²) in [5.41, 5.74) is 1.85. The molecule has 0 atom stereocenters. The van der Waals surface area contributed by atoms with E-state index in [2.05, 4.69) is 24.8 Å². The monoisotopic (exact) mass is 408 g/mol. The van der Waals surface area contributed by atoms with Crippen molar-refractivity contribution in [2.45, 2.75) is 20.3 Å². The third-order valence-corrected chi connectivity index (χ3v) is 5.45. The minimum absolute atomic E-state index is 0.244. The molecule has 1 fully saturated rings. The predicted molar refractivity (Wildman–Crippen MR) is 118 cm³/mol. The number of hydrogen-bond donors (Lipinski definition) is 0. The maximum atomic E-state index is 12.4. The molecule has 0 N–H and O–H groups in total. The molecule has 1 aromatic heterocycles. The molecule has 150 valence electrons. The van der Waals surface area contributed by atoms with E-state index in [0.717, 1.165) is 48.5 Å². The quantitative estimate of drug-likeness (QED) is 0.630. The lowest BCUT2D eigenvalue weighted by molar-refractivity contribution is -0.132. The number of amides is 1. The molecule has 0 bridgehead atoms. The van der Waals surface area contributed by atoms with Crippen LogP contribution in [-0.2, 0) is 4.79 Å². The number of rotatable bonds is 4. The molecule has 0 saturated carbocycles. The van der Waals surface area contributed by atoms with E-state index < -0.39 is 0 Å². The van der Waals surface area contributed by atoms with E-state index >= 15 is 0 Å². The van der Waals surface area contributed by atoms with Gasteiger partial charge in [-0.25, -0.2) is 9.97 Å². The Morgan fingerprint density at radius 3 is 2.38 bits per heavy atom. The van der Waals surface area contributed by atoms with Crippen molar-refractivity contribution >= 4 is 34.2 Å². The molecule has 1 saturated heterocycles. The van der Waals surface area contributed by atoms with Crippen molar-refractivity contribution in [3.8, 4) is 11.4 Å². The van der Waals surface area contributed by atoms with Gasteiger partial charge in [-0.2, -0.15) is 0 Å². The molecule has 0 unspecified atom stereocenters. The van der Waals surface area contributed by atoms with Gasteiger partial charge in [0.1, 0.15) is 5.82 Å². The highest BCUT2D eigenvalue weighted by molar-refractivity contribution is 6.30. The van der Waals surface area contributed by atoms with Crippen molar-refractivity contribution in [1.82, 2.24) is 14.9 Å². The summed E-state index contributed by atoms with van der Waals surface area (Å²) in [7, 11) is 0. The SMILES string of the molecule is CC(C)CC(=O)N1CCN(c2nc(-c3ccc(Cl)cc3)nc3ccccc23)CC1. The Balaban J connectivity index is 1.63. The van der Waals surface area contributed by atoms with Crippen molar-refractivity contribution in [2.75, 3.05) is 31.1 Å². The fourth-order valence-electron chi connectivity index (χ4n) is 3.67. The first kappa shape index (κ1) is 19.6. The van der Waals surface area contributed by atoms with Crippen LogP contribution < -0.4 is 4.90 Å². The van der Waals surface area contributed by atoms with Gasteiger partial charge in [0, 0.05) is 48.6 Å². The first-order valence-corrected chi connectivity index (χ1v) is 10.4. The normalized spacial score (nSPS) is 14.6. The van der Waals surface area contributed by atoms with Gasteiger partial charge < -0.3 is 9.80 Å². The lowest BCUT2D eigenvalue weighted by atomic mass is 10.1. The number of halogens is 1. The van der Waals surface area contributed by atoms with Gasteiger partial charge >= 0.3 is 0 Å². The number of hydrogen-bond acceptors (Lipinski definition) is 4. The zero-order chi connectivity index (χ0) is 20.4. The molecule has 0 aliphatic carbocycles. The molecule has 2 aromatic carbocycles. The topological polar surface area (TPSA) is 49.3 Å². The number of aromatic nitrogens is 2. The van der Waals surface area contributed by atoms with Gasteiger partial charge in [-0.05, 0) is 42.3 Å². The number of nitrogens with zero attached hydrogens (tertiary/aromatic N) is 4. The molecular weight excluding hydrogens is 384 g/mol. The minimum Gasteiger partial charge on any atom is -0.352 e. The highest BCUT2D eigenvalue weighted by Gasteiger charge is 2.24. The summed E-state index contributed by atoms with van der Waals surface area (Å²) in [5, 5.41) is 1.73. The summed E-state index contributed by atoms with van der Waals surface area (Å²) in [4.78, 5) is 26.3. The molecule has 1 aliphatic rings. The second-order valence-corrected chi connectivity index (χ2v) is 8.30. The first-order valence-electron chi connectivity index (χ1n) is 10.1. The fraction of sp³-hybridized carbons (Fsp3) is 0.348. The van der Waals surface area contributed by atoms with Crippen molar-refractivity contribution in [3.63, 3.8) is 0 Å². The third kappa shape index (κ3) is 4.35. The highest BCUT2D eigenvalue weighted by Crippen LogP contribution is 2.29. The maximum absolute atomic E-state index is 12.4. The number of piperazine rings is 1. The number of fused-ring (bicyclic) bond motifs is 1. The van der Waals surface area contributed by atoms with Gasteiger partial charge in [0.2, 0.25) is 5.91 Å². The molecule has 2 heterocycles. The number of benzene rings is 2. The van der Waals surface area contributed by atoms with Crippen molar-refractivity contribution < 1.29 is 4.79 Å². The smallest absolute Gasteiger partial charge is 0.222 e. The Morgan fingerprint density at radius 2 is 1.69 bits per heavy atom. The van der Waals surface area contributed by atoms with E-state index in [1.807, 2.05) is 47.4 Å². The van der Waals surface area contributed by atoms with Gasteiger partial charge in [0.15, 0.2) is 5.82 Å². The summed E-state index contributed by atoms with van der Waals surface area (Å²) in [6.07, 6.45) is 0.608. The Labute approximate surface area is 176 Å². The predicted octanol–water partition coefficient (Wildman–Crippen LogP) is 4.64. The number of anilines is 1. The third-order valence-electron chi connectivity index (χ3n) is 5.20. The highest BCUT2D eigenvalue weighted by atomic mass is 35.5. The van der Waals surface area contributed by atoms with E-state index in [1.54, 1.807) is 0 Å². The average molecular weight is 409 g/mol. The molecular formula is C23H25ClN4O. The summed E-state index contributed by atoms with van der Waals surface area (Å²) in [6.45, 7) is 7.15. The van der Waals surface area contributed by atoms with Crippen molar-refractivity contribution in [3.05, 3.63) is 53.6 Å². The number of carbonyl (C=O) groups is 1. The van der Waals surface area contributed by atoms with E-state index in [-0.39, 0.29) is 5.91 Å². The van der Waals surface area contributed by atoms with Crippen LogP contribution in [0.2, 0.25) is 5.02 Å². The van der Waals surface area contributed by atoms with Gasteiger partial charge in [0.05, 0.1) is 5.52 Å². The van der Waals surface area contributed by atoms with Crippen LogP contribution in [0.15, 0.2) is 48.5 Å². The van der Waals surface area contributed by atoms with Crippen LogP contribution in [0.1, 0.15) is 20.3 Å². The lowest BCUT2D eigenvalue weighted by Crippen LogP contribution is -2.49. The average Bonchev–Trinajstić information content (AvgIpc) is 2.73. The largest absolute Gasteiger partial charge is 0.352 e. The molecule has 29 heavy (non-hydrogen) atoms. The summed E-state index contributed by atoms with van der Waals surface area (Å²) >= 11 is 6.04. The Kier molecular flexibility index (Phi) is 5.67. The van der Waals surface area contributed by atoms with Gasteiger partial charge in [-0.3, -0.25) is 4.79 Å². The molecule has 0 spiro atoms. The van der Waals surface area contributed by atoms with Crippen LogP contribution in [0, 0.1) is 5.92 Å². The van der Waals surface area contributed by atoms with E-state index in [9.17, 15) is 4.79 Å². The molecule has 0 radical (unpaired) electrons. The Bertz CT molecular complexity index is 1010. The second-order valence-electron chi connectivity index (χ2n) is 7.86. The van der Waals surface area contributed by atoms with Crippen molar-refractivity contribution in [2.24, 2.45) is 5.92 Å². The first-order chi connectivity index (χ1) is 14.0. The number of para-hydroxylation sites is 1. The van der Waals surface area contributed by atoms with Crippen LogP contribution in [0.3, 0.4) is 0 Å². The zero-order valence-electron chi connectivity index (χ0n) is 16.8. The van der Waals surface area contributed by atoms with E-state index in [4.69, 9.17) is 21.6 Å². The van der Waals surface area contributed by atoms with Crippen LogP contribution in [-0.4, -0.2) is 47.0 Å². The molecule has 5 nitrogen and oxygen atoms in total. The molecule has 4 rings (SSSR count). The maximum Gasteiger partial charge on any atom is 0.222 e. The second kappa shape index (κ2) is 8.37.